The summed E-state index contributed by atoms with van der Waals surface area (Å²) in [6.07, 6.45) is 4.06. The van der Waals surface area contributed by atoms with E-state index < -0.39 is 47.0 Å². The first kappa shape index (κ1) is 27.8. The summed E-state index contributed by atoms with van der Waals surface area (Å²) in [6, 6.07) is 3.10. The molecule has 0 spiro atoms. The van der Waals surface area contributed by atoms with E-state index in [1.54, 1.807) is 0 Å². The van der Waals surface area contributed by atoms with Gasteiger partial charge in [-0.25, -0.2) is 17.6 Å². The van der Waals surface area contributed by atoms with Crippen LogP contribution in [0.15, 0.2) is 30.3 Å². The molecule has 9 heteroatoms. The Bertz CT molecular complexity index is 1020. The van der Waals surface area contributed by atoms with Gasteiger partial charge in [-0.3, -0.25) is 0 Å². The zero-order valence-corrected chi connectivity index (χ0v) is 20.8. The van der Waals surface area contributed by atoms with Gasteiger partial charge in [0.05, 0.1) is 13.2 Å². The van der Waals surface area contributed by atoms with Gasteiger partial charge in [0.2, 0.25) is 0 Å². The maximum absolute atomic E-state index is 14.7. The Kier molecular flexibility index (Phi) is 9.06. The minimum atomic E-state index is -4.48. The van der Waals surface area contributed by atoms with Crippen LogP contribution >= 0.6 is 0 Å². The second kappa shape index (κ2) is 12.1. The van der Waals surface area contributed by atoms with Crippen LogP contribution < -0.4 is 4.74 Å². The van der Waals surface area contributed by atoms with Gasteiger partial charge in [-0.15, -0.1) is 0 Å². The van der Waals surface area contributed by atoms with Crippen molar-refractivity contribution in [3.05, 3.63) is 64.7 Å². The molecule has 2 aromatic carbocycles. The quantitative estimate of drug-likeness (QED) is 0.241. The summed E-state index contributed by atoms with van der Waals surface area (Å²) < 4.78 is 101. The van der Waals surface area contributed by atoms with Gasteiger partial charge in [-0.1, -0.05) is 45.4 Å². The average Bonchev–Trinajstić information content (AvgIpc) is 2.86. The van der Waals surface area contributed by atoms with Gasteiger partial charge in [-0.2, -0.15) is 8.78 Å². The summed E-state index contributed by atoms with van der Waals surface area (Å²) in [4.78, 5) is 0. The Hall–Kier alpha value is -2.26. The third-order valence-electron chi connectivity index (χ3n) is 7.46. The van der Waals surface area contributed by atoms with Gasteiger partial charge >= 0.3 is 6.11 Å². The Morgan fingerprint density at radius 1 is 0.811 bits per heavy atom. The van der Waals surface area contributed by atoms with Gasteiger partial charge in [0, 0.05) is 17.5 Å². The fourth-order valence-corrected chi connectivity index (χ4v) is 5.36. The minimum absolute atomic E-state index is 0.0690. The molecule has 0 unspecified atom stereocenters. The molecule has 0 atom stereocenters. The van der Waals surface area contributed by atoms with Crippen LogP contribution in [0.1, 0.15) is 75.7 Å². The summed E-state index contributed by atoms with van der Waals surface area (Å²) >= 11 is 0. The molecule has 2 aliphatic rings. The molecule has 3 nitrogen and oxygen atoms in total. The number of hydrogen-bond donors (Lipinski definition) is 0. The molecule has 0 radical (unpaired) electrons. The SMILES string of the molecule is CCCCCC1CCC(C2COC(c3cc(F)c(C(F)(F)Oc4ccc(F)c(F)c4)c(F)c3)OC2)CC1. The van der Waals surface area contributed by atoms with Crippen molar-refractivity contribution in [2.75, 3.05) is 13.2 Å². The number of alkyl halides is 2. The van der Waals surface area contributed by atoms with E-state index in [0.29, 0.717) is 43.4 Å². The maximum Gasteiger partial charge on any atom is 0.432 e. The fraction of sp³-hybridized carbons (Fsp3) is 0.571. The normalized spacial score (nSPS) is 24.7. The molecule has 0 aromatic heterocycles. The third-order valence-corrected chi connectivity index (χ3v) is 7.46. The Labute approximate surface area is 213 Å². The molecule has 37 heavy (non-hydrogen) atoms. The first-order chi connectivity index (χ1) is 17.7. The summed E-state index contributed by atoms with van der Waals surface area (Å²) in [5.74, 6) is -5.23. The van der Waals surface area contributed by atoms with E-state index in [0.717, 1.165) is 24.8 Å². The molecule has 0 bridgehead atoms. The van der Waals surface area contributed by atoms with Crippen molar-refractivity contribution in [3.63, 3.8) is 0 Å². The van der Waals surface area contributed by atoms with E-state index in [1.165, 1.54) is 38.5 Å². The molecule has 4 rings (SSSR count). The predicted octanol–water partition coefficient (Wildman–Crippen LogP) is 8.42. The highest BCUT2D eigenvalue weighted by atomic mass is 19.3. The van der Waals surface area contributed by atoms with Crippen molar-refractivity contribution in [1.29, 1.82) is 0 Å². The molecule has 1 aliphatic carbocycles. The molecule has 204 valence electrons. The highest BCUT2D eigenvalue weighted by molar-refractivity contribution is 5.31. The second-order valence-corrected chi connectivity index (χ2v) is 10.1. The van der Waals surface area contributed by atoms with Crippen LogP contribution in [0.2, 0.25) is 0 Å². The van der Waals surface area contributed by atoms with Crippen molar-refractivity contribution in [2.24, 2.45) is 17.8 Å². The molecule has 1 saturated heterocycles. The lowest BCUT2D eigenvalue weighted by atomic mass is 9.74. The smallest absolute Gasteiger partial charge is 0.429 e. The fourth-order valence-electron chi connectivity index (χ4n) is 5.36. The zero-order valence-electron chi connectivity index (χ0n) is 20.8. The molecule has 2 fully saturated rings. The topological polar surface area (TPSA) is 27.7 Å². The standard InChI is InChI=1S/C28H32F6O3/c1-2-3-4-5-17-6-8-18(9-7-17)20-15-35-27(36-16-20)19-12-24(31)26(25(32)13-19)28(33,34)37-21-10-11-22(29)23(30)14-21/h10-14,17-18,20,27H,2-9,15-16H2,1H3. The van der Waals surface area contributed by atoms with Gasteiger partial charge in [0.15, 0.2) is 17.9 Å². The van der Waals surface area contributed by atoms with Gasteiger partial charge in [0.1, 0.15) is 22.9 Å². The highest BCUT2D eigenvalue weighted by Gasteiger charge is 2.42. The first-order valence-corrected chi connectivity index (χ1v) is 12.9. The van der Waals surface area contributed by atoms with Crippen LogP contribution in [0.3, 0.4) is 0 Å². The van der Waals surface area contributed by atoms with E-state index in [1.807, 2.05) is 0 Å². The molecule has 1 heterocycles. The van der Waals surface area contributed by atoms with Crippen LogP contribution in [-0.4, -0.2) is 13.2 Å². The van der Waals surface area contributed by atoms with Crippen LogP contribution in [-0.2, 0) is 15.6 Å². The Balaban J connectivity index is 1.35. The van der Waals surface area contributed by atoms with Crippen LogP contribution in [0.4, 0.5) is 26.3 Å². The minimum Gasteiger partial charge on any atom is -0.429 e. The van der Waals surface area contributed by atoms with E-state index in [2.05, 4.69) is 11.7 Å². The molecule has 1 saturated carbocycles. The van der Waals surface area contributed by atoms with Gasteiger partial charge in [-0.05, 0) is 48.9 Å². The van der Waals surface area contributed by atoms with Crippen molar-refractivity contribution in [1.82, 2.24) is 0 Å². The van der Waals surface area contributed by atoms with Crippen LogP contribution in [0.5, 0.6) is 5.75 Å². The van der Waals surface area contributed by atoms with Gasteiger partial charge in [0.25, 0.3) is 0 Å². The number of ether oxygens (including phenoxy) is 3. The largest absolute Gasteiger partial charge is 0.432 e. The molecular weight excluding hydrogens is 498 g/mol. The summed E-state index contributed by atoms with van der Waals surface area (Å²) in [5.41, 5.74) is -1.72. The lowest BCUT2D eigenvalue weighted by Crippen LogP contribution is -2.34. The number of rotatable bonds is 9. The van der Waals surface area contributed by atoms with Crippen LogP contribution in [0.25, 0.3) is 0 Å². The van der Waals surface area contributed by atoms with Gasteiger partial charge < -0.3 is 14.2 Å². The van der Waals surface area contributed by atoms with Crippen LogP contribution in [0, 0.1) is 41.0 Å². The lowest BCUT2D eigenvalue weighted by molar-refractivity contribution is -0.215. The predicted molar refractivity (Wildman–Crippen MR) is 125 cm³/mol. The molecule has 1 aliphatic heterocycles. The van der Waals surface area contributed by atoms with E-state index in [9.17, 15) is 26.3 Å². The number of unbranched alkanes of at least 4 members (excludes halogenated alkanes) is 2. The maximum atomic E-state index is 14.7. The Morgan fingerprint density at radius 3 is 2.05 bits per heavy atom. The molecular formula is C28H32F6O3. The third kappa shape index (κ3) is 6.79. The average molecular weight is 531 g/mol. The lowest BCUT2D eigenvalue weighted by Gasteiger charge is -2.38. The highest BCUT2D eigenvalue weighted by Crippen LogP contribution is 2.40. The van der Waals surface area contributed by atoms with Crippen molar-refractivity contribution >= 4 is 0 Å². The summed E-state index contributed by atoms with van der Waals surface area (Å²) in [6.45, 7) is 2.92. The second-order valence-electron chi connectivity index (χ2n) is 10.1. The molecule has 0 N–H and O–H groups in total. The molecule has 2 aromatic rings. The number of benzene rings is 2. The monoisotopic (exact) mass is 530 g/mol. The number of hydrogen-bond acceptors (Lipinski definition) is 3. The zero-order chi connectivity index (χ0) is 26.6. The molecule has 0 amide bonds. The summed E-state index contributed by atoms with van der Waals surface area (Å²) in [5, 5.41) is 0. The summed E-state index contributed by atoms with van der Waals surface area (Å²) in [7, 11) is 0. The van der Waals surface area contributed by atoms with Crippen molar-refractivity contribution in [2.45, 2.75) is 70.7 Å². The Morgan fingerprint density at radius 2 is 1.46 bits per heavy atom. The van der Waals surface area contributed by atoms with Crippen molar-refractivity contribution < 1.29 is 40.6 Å². The number of halogens is 6. The van der Waals surface area contributed by atoms with E-state index in [4.69, 9.17) is 9.47 Å². The first-order valence-electron chi connectivity index (χ1n) is 12.9. The van der Waals surface area contributed by atoms with Crippen molar-refractivity contribution in [3.8, 4) is 5.75 Å². The van der Waals surface area contributed by atoms with E-state index >= 15 is 0 Å². The van der Waals surface area contributed by atoms with E-state index in [-0.39, 0.29) is 11.5 Å².